The van der Waals surface area contributed by atoms with E-state index in [2.05, 4.69) is 23.8 Å². The fraction of sp³-hybridized carbons (Fsp3) is 0.240. The monoisotopic (exact) mass is 407 g/mol. The highest BCUT2D eigenvalue weighted by molar-refractivity contribution is 5.94. The number of anilines is 1. The first-order valence-corrected chi connectivity index (χ1v) is 9.98. The van der Waals surface area contributed by atoms with Gasteiger partial charge in [0.1, 0.15) is 5.82 Å². The number of carbonyl (C=O) groups is 1. The van der Waals surface area contributed by atoms with Gasteiger partial charge in [-0.25, -0.2) is 4.39 Å². The first-order chi connectivity index (χ1) is 14.4. The third-order valence-corrected chi connectivity index (χ3v) is 4.56. The van der Waals surface area contributed by atoms with Crippen molar-refractivity contribution < 1.29 is 9.18 Å². The van der Waals surface area contributed by atoms with Crippen molar-refractivity contribution in [2.75, 3.05) is 31.5 Å². The number of allylic oxidation sites excluding steroid dienone is 4. The largest absolute Gasteiger partial charge is 0.360 e. The topological polar surface area (TPSA) is 44.4 Å². The van der Waals surface area contributed by atoms with Crippen molar-refractivity contribution in [3.05, 3.63) is 96.5 Å². The number of nitrogens with zero attached hydrogens (tertiary/aromatic N) is 1. The van der Waals surface area contributed by atoms with Gasteiger partial charge in [0.15, 0.2) is 0 Å². The molecule has 1 aliphatic heterocycles. The molecule has 0 aliphatic carbocycles. The van der Waals surface area contributed by atoms with E-state index in [1.165, 1.54) is 12.1 Å². The van der Waals surface area contributed by atoms with E-state index in [1.807, 2.05) is 49.1 Å². The Morgan fingerprint density at radius 3 is 2.13 bits per heavy atom. The molecule has 0 spiro atoms. The number of halogens is 1. The van der Waals surface area contributed by atoms with Crippen LogP contribution in [0.15, 0.2) is 79.5 Å². The van der Waals surface area contributed by atoms with Crippen LogP contribution in [0.5, 0.6) is 0 Å². The first kappa shape index (κ1) is 23.1. The second kappa shape index (κ2) is 11.7. The maximum Gasteiger partial charge on any atom is 0.253 e. The maximum absolute atomic E-state index is 12.5. The molecule has 0 aromatic heterocycles. The molecule has 1 heterocycles. The summed E-state index contributed by atoms with van der Waals surface area (Å²) in [4.78, 5) is 14.1. The smallest absolute Gasteiger partial charge is 0.253 e. The Labute approximate surface area is 178 Å². The second-order valence-corrected chi connectivity index (χ2v) is 7.12. The number of benzene rings is 2. The minimum absolute atomic E-state index is 0.110. The lowest BCUT2D eigenvalue weighted by molar-refractivity contribution is 0.0736. The predicted octanol–water partition coefficient (Wildman–Crippen LogP) is 5.09. The third-order valence-electron chi connectivity index (χ3n) is 4.56. The number of carbonyl (C=O) groups excluding carboxylic acids is 1. The van der Waals surface area contributed by atoms with Crippen LogP contribution >= 0.6 is 0 Å². The fourth-order valence-electron chi connectivity index (χ4n) is 2.98. The summed E-state index contributed by atoms with van der Waals surface area (Å²) >= 11 is 0. The van der Waals surface area contributed by atoms with Gasteiger partial charge in [0.05, 0.1) is 0 Å². The van der Waals surface area contributed by atoms with Gasteiger partial charge >= 0.3 is 0 Å². The SMILES string of the molecule is C=C(C)Nc1ccc(C(=O)N2CCNCC2)cc1.C=C/C=C(\C)c1ccc(F)cc1. The number of nitrogens with one attached hydrogen (secondary N) is 2. The van der Waals surface area contributed by atoms with Crippen molar-refractivity contribution in [3.8, 4) is 0 Å². The Bertz CT molecular complexity index is 880. The van der Waals surface area contributed by atoms with Crippen molar-refractivity contribution in [2.45, 2.75) is 13.8 Å². The van der Waals surface area contributed by atoms with Gasteiger partial charge in [-0.3, -0.25) is 4.79 Å². The Morgan fingerprint density at radius 2 is 1.60 bits per heavy atom. The van der Waals surface area contributed by atoms with Gasteiger partial charge in [-0.1, -0.05) is 37.4 Å². The van der Waals surface area contributed by atoms with Crippen molar-refractivity contribution in [1.29, 1.82) is 0 Å². The minimum atomic E-state index is -0.204. The van der Waals surface area contributed by atoms with Gasteiger partial charge in [0.25, 0.3) is 5.91 Å². The van der Waals surface area contributed by atoms with Crippen LogP contribution in [0.1, 0.15) is 29.8 Å². The molecule has 3 rings (SSSR count). The molecule has 0 atom stereocenters. The molecule has 4 nitrogen and oxygen atoms in total. The Balaban J connectivity index is 0.000000232. The molecule has 1 fully saturated rings. The molecule has 2 aromatic carbocycles. The molecule has 30 heavy (non-hydrogen) atoms. The molecular weight excluding hydrogens is 377 g/mol. The van der Waals surface area contributed by atoms with Gasteiger partial charge in [-0.2, -0.15) is 0 Å². The highest BCUT2D eigenvalue weighted by Crippen LogP contribution is 2.14. The van der Waals surface area contributed by atoms with Crippen LogP contribution in [0.3, 0.4) is 0 Å². The lowest BCUT2D eigenvalue weighted by Gasteiger charge is -2.27. The van der Waals surface area contributed by atoms with E-state index < -0.39 is 0 Å². The van der Waals surface area contributed by atoms with E-state index in [4.69, 9.17) is 0 Å². The third kappa shape index (κ3) is 7.33. The molecule has 0 saturated carbocycles. The Hall–Kier alpha value is -3.18. The maximum atomic E-state index is 12.5. The van der Waals surface area contributed by atoms with E-state index in [-0.39, 0.29) is 11.7 Å². The summed E-state index contributed by atoms with van der Waals surface area (Å²) in [6, 6.07) is 13.9. The summed E-state index contributed by atoms with van der Waals surface area (Å²) < 4.78 is 12.5. The van der Waals surface area contributed by atoms with E-state index in [0.29, 0.717) is 0 Å². The molecule has 158 valence electrons. The fourth-order valence-corrected chi connectivity index (χ4v) is 2.98. The van der Waals surface area contributed by atoms with Crippen LogP contribution < -0.4 is 10.6 Å². The lowest BCUT2D eigenvalue weighted by Crippen LogP contribution is -2.46. The number of hydrogen-bond donors (Lipinski definition) is 2. The zero-order chi connectivity index (χ0) is 21.9. The van der Waals surface area contributed by atoms with Crippen LogP contribution in [0, 0.1) is 5.82 Å². The zero-order valence-electron chi connectivity index (χ0n) is 17.7. The van der Waals surface area contributed by atoms with E-state index in [9.17, 15) is 9.18 Å². The highest BCUT2D eigenvalue weighted by Gasteiger charge is 2.17. The molecule has 0 unspecified atom stereocenters. The summed E-state index contributed by atoms with van der Waals surface area (Å²) in [5.41, 5.74) is 4.70. The minimum Gasteiger partial charge on any atom is -0.360 e. The molecule has 1 amide bonds. The standard InChI is InChI=1S/C14H19N3O.C11H11F/c1-11(2)16-13-5-3-12(4-6-13)14(18)17-9-7-15-8-10-17;1-3-4-9(2)10-5-7-11(12)8-6-10/h3-6,15-16H,1,7-10H2,2H3;3-8H,1H2,2H3/b;9-4+. The molecule has 1 saturated heterocycles. The predicted molar refractivity (Wildman–Crippen MR) is 124 cm³/mol. The van der Waals surface area contributed by atoms with Crippen LogP contribution in [0.2, 0.25) is 0 Å². The van der Waals surface area contributed by atoms with Crippen LogP contribution in [-0.4, -0.2) is 37.0 Å². The van der Waals surface area contributed by atoms with Gasteiger partial charge in [0.2, 0.25) is 0 Å². The van der Waals surface area contributed by atoms with Crippen LogP contribution in [-0.2, 0) is 0 Å². The molecular formula is C25H30FN3O. The van der Waals surface area contributed by atoms with Crippen molar-refractivity contribution in [2.24, 2.45) is 0 Å². The van der Waals surface area contributed by atoms with Gasteiger partial charge in [0, 0.05) is 43.1 Å². The van der Waals surface area contributed by atoms with Crippen molar-refractivity contribution in [1.82, 2.24) is 10.2 Å². The summed E-state index contributed by atoms with van der Waals surface area (Å²) in [7, 11) is 0. The Morgan fingerprint density at radius 1 is 1.03 bits per heavy atom. The van der Waals surface area contributed by atoms with Crippen LogP contribution in [0.25, 0.3) is 5.57 Å². The van der Waals surface area contributed by atoms with Gasteiger partial charge in [-0.15, -0.1) is 0 Å². The van der Waals surface area contributed by atoms with Crippen LogP contribution in [0.4, 0.5) is 10.1 Å². The molecule has 0 radical (unpaired) electrons. The van der Waals surface area contributed by atoms with Crippen molar-refractivity contribution in [3.63, 3.8) is 0 Å². The molecule has 1 aliphatic rings. The summed E-state index contributed by atoms with van der Waals surface area (Å²) in [5.74, 6) is -0.0940. The first-order valence-electron chi connectivity index (χ1n) is 9.98. The number of piperazine rings is 1. The number of hydrogen-bond acceptors (Lipinski definition) is 3. The van der Waals surface area contributed by atoms with Crippen molar-refractivity contribution >= 4 is 17.2 Å². The average Bonchev–Trinajstić information content (AvgIpc) is 2.75. The van der Waals surface area contributed by atoms with E-state index in [1.54, 1.807) is 18.2 Å². The summed E-state index contributed by atoms with van der Waals surface area (Å²) in [5, 5.41) is 6.36. The molecule has 5 heteroatoms. The second-order valence-electron chi connectivity index (χ2n) is 7.12. The molecule has 0 bridgehead atoms. The quantitative estimate of drug-likeness (QED) is 0.679. The average molecular weight is 408 g/mol. The van der Waals surface area contributed by atoms with Gasteiger partial charge in [-0.05, 0) is 61.4 Å². The number of amides is 1. The summed E-state index contributed by atoms with van der Waals surface area (Å²) in [6.07, 6.45) is 3.62. The summed E-state index contributed by atoms with van der Waals surface area (Å²) in [6.45, 7) is 14.6. The Kier molecular flexibility index (Phi) is 9.03. The molecule has 2 aromatic rings. The lowest BCUT2D eigenvalue weighted by atomic mass is 10.1. The highest BCUT2D eigenvalue weighted by atomic mass is 19.1. The molecule has 2 N–H and O–H groups in total. The zero-order valence-corrected chi connectivity index (χ0v) is 17.7. The van der Waals surface area contributed by atoms with E-state index in [0.717, 1.165) is 54.3 Å². The van der Waals surface area contributed by atoms with Gasteiger partial charge < -0.3 is 15.5 Å². The number of rotatable bonds is 5. The normalized spacial score (nSPS) is 13.7. The van der Waals surface area contributed by atoms with E-state index >= 15 is 0 Å².